The van der Waals surface area contributed by atoms with Gasteiger partial charge in [-0.05, 0) is 43.2 Å². The molecule has 2 aliphatic rings. The van der Waals surface area contributed by atoms with Crippen LogP contribution >= 0.6 is 11.8 Å². The zero-order chi connectivity index (χ0) is 17.8. The molecule has 0 atom stereocenters. The summed E-state index contributed by atoms with van der Waals surface area (Å²) in [6.07, 6.45) is 5.82. The Morgan fingerprint density at radius 1 is 1.24 bits per heavy atom. The molecule has 0 spiro atoms. The number of carbonyl (C=O) groups excluding carboxylic acids is 3. The van der Waals surface area contributed by atoms with Crippen LogP contribution in [0.15, 0.2) is 29.2 Å². The Morgan fingerprint density at radius 3 is 2.60 bits per heavy atom. The second kappa shape index (κ2) is 7.87. The van der Waals surface area contributed by atoms with E-state index in [9.17, 15) is 14.4 Å². The number of aryl methyl sites for hydroxylation is 1. The first-order valence-electron chi connectivity index (χ1n) is 8.64. The molecule has 2 fully saturated rings. The number of nitrogens with zero attached hydrogens (tertiary/aromatic N) is 1. The van der Waals surface area contributed by atoms with Crippen molar-refractivity contribution in [3.05, 3.63) is 40.3 Å². The number of nitrogens with one attached hydrogen (secondary N) is 1. The van der Waals surface area contributed by atoms with Gasteiger partial charge < -0.3 is 5.32 Å². The van der Waals surface area contributed by atoms with E-state index in [0.29, 0.717) is 11.4 Å². The summed E-state index contributed by atoms with van der Waals surface area (Å²) in [5.41, 5.74) is 2.04. The quantitative estimate of drug-likeness (QED) is 0.820. The molecule has 0 radical (unpaired) electrons. The van der Waals surface area contributed by atoms with Gasteiger partial charge in [0.1, 0.15) is 0 Å². The summed E-state index contributed by atoms with van der Waals surface area (Å²) < 4.78 is 0. The molecule has 1 aliphatic heterocycles. The maximum absolute atomic E-state index is 12.4. The molecule has 0 unspecified atom stereocenters. The highest BCUT2D eigenvalue weighted by atomic mass is 32.2. The van der Waals surface area contributed by atoms with E-state index in [1.54, 1.807) is 6.08 Å². The van der Waals surface area contributed by atoms with Crippen molar-refractivity contribution in [1.29, 1.82) is 0 Å². The zero-order valence-corrected chi connectivity index (χ0v) is 15.1. The number of hydrogen-bond donors (Lipinski definition) is 1. The van der Waals surface area contributed by atoms with Gasteiger partial charge in [-0.1, -0.05) is 42.7 Å². The fourth-order valence-electron chi connectivity index (χ4n) is 3.13. The minimum atomic E-state index is -0.286. The van der Waals surface area contributed by atoms with Gasteiger partial charge in [0.15, 0.2) is 0 Å². The molecule has 132 valence electrons. The fraction of sp³-hybridized carbons (Fsp3) is 0.421. The summed E-state index contributed by atoms with van der Waals surface area (Å²) in [4.78, 5) is 38.1. The van der Waals surface area contributed by atoms with Crippen molar-refractivity contribution in [2.24, 2.45) is 5.92 Å². The molecule has 1 N–H and O–H groups in total. The normalized spacial score (nSPS) is 19.9. The smallest absolute Gasteiger partial charge is 0.293 e. The lowest BCUT2D eigenvalue weighted by Crippen LogP contribution is -2.39. The number of amides is 3. The lowest BCUT2D eigenvalue weighted by Gasteiger charge is -2.14. The Kier molecular flexibility index (Phi) is 5.58. The van der Waals surface area contributed by atoms with Crippen LogP contribution in [0.5, 0.6) is 0 Å². The van der Waals surface area contributed by atoms with Crippen LogP contribution < -0.4 is 5.32 Å². The molecular weight excluding hydrogens is 336 g/mol. The molecule has 6 heteroatoms. The first-order chi connectivity index (χ1) is 12.0. The van der Waals surface area contributed by atoms with Gasteiger partial charge in [-0.3, -0.25) is 19.3 Å². The molecule has 1 saturated heterocycles. The monoisotopic (exact) mass is 358 g/mol. The molecule has 5 nitrogen and oxygen atoms in total. The minimum Gasteiger partial charge on any atom is -0.354 e. The molecular formula is C19H22N2O3S. The first kappa shape index (κ1) is 17.7. The van der Waals surface area contributed by atoms with Crippen LogP contribution in [0.2, 0.25) is 0 Å². The number of thioether (sulfide) groups is 1. The van der Waals surface area contributed by atoms with Crippen LogP contribution in [0.25, 0.3) is 6.08 Å². The molecule has 0 bridgehead atoms. The van der Waals surface area contributed by atoms with Crippen LogP contribution in [0.3, 0.4) is 0 Å². The van der Waals surface area contributed by atoms with Crippen molar-refractivity contribution in [1.82, 2.24) is 10.2 Å². The summed E-state index contributed by atoms with van der Waals surface area (Å²) >= 11 is 0.951. The summed E-state index contributed by atoms with van der Waals surface area (Å²) in [6.45, 7) is 2.52. The Hall–Kier alpha value is -2.08. The maximum atomic E-state index is 12.4. The average molecular weight is 358 g/mol. The zero-order valence-electron chi connectivity index (χ0n) is 14.3. The van der Waals surface area contributed by atoms with E-state index in [0.717, 1.165) is 48.6 Å². The molecule has 1 aromatic rings. The van der Waals surface area contributed by atoms with Gasteiger partial charge >= 0.3 is 0 Å². The highest BCUT2D eigenvalue weighted by Crippen LogP contribution is 2.32. The lowest BCUT2D eigenvalue weighted by atomic mass is 10.1. The molecule has 0 aromatic heterocycles. The highest BCUT2D eigenvalue weighted by Gasteiger charge is 2.34. The average Bonchev–Trinajstić information content (AvgIpc) is 3.21. The third-order valence-electron chi connectivity index (χ3n) is 4.61. The Bertz CT molecular complexity index is 706. The van der Waals surface area contributed by atoms with E-state index in [4.69, 9.17) is 0 Å². The van der Waals surface area contributed by atoms with Gasteiger partial charge in [0.2, 0.25) is 5.91 Å². The number of benzene rings is 1. The van der Waals surface area contributed by atoms with Crippen molar-refractivity contribution < 1.29 is 14.4 Å². The number of imide groups is 1. The summed E-state index contributed by atoms with van der Waals surface area (Å²) in [5, 5.41) is 2.57. The number of rotatable bonds is 5. The van der Waals surface area contributed by atoms with Gasteiger partial charge in [0.25, 0.3) is 11.1 Å². The van der Waals surface area contributed by atoms with Crippen LogP contribution in [0, 0.1) is 12.8 Å². The Labute approximate surface area is 151 Å². The van der Waals surface area contributed by atoms with Crippen LogP contribution in [-0.2, 0) is 9.59 Å². The molecule has 1 aliphatic carbocycles. The Morgan fingerprint density at radius 2 is 1.92 bits per heavy atom. The van der Waals surface area contributed by atoms with E-state index in [2.05, 4.69) is 5.32 Å². The van der Waals surface area contributed by atoms with E-state index in [-0.39, 0.29) is 29.5 Å². The topological polar surface area (TPSA) is 66.5 Å². The first-order valence-corrected chi connectivity index (χ1v) is 9.46. The molecule has 1 heterocycles. The third-order valence-corrected chi connectivity index (χ3v) is 5.52. The van der Waals surface area contributed by atoms with Gasteiger partial charge in [0, 0.05) is 19.0 Å². The van der Waals surface area contributed by atoms with Crippen molar-refractivity contribution in [2.75, 3.05) is 13.1 Å². The molecule has 1 aromatic carbocycles. The van der Waals surface area contributed by atoms with Crippen molar-refractivity contribution in [3.63, 3.8) is 0 Å². The molecule has 3 amide bonds. The van der Waals surface area contributed by atoms with E-state index in [1.165, 1.54) is 4.90 Å². The predicted molar refractivity (Wildman–Crippen MR) is 98.8 cm³/mol. The second-order valence-electron chi connectivity index (χ2n) is 6.52. The summed E-state index contributed by atoms with van der Waals surface area (Å²) in [7, 11) is 0. The molecule has 25 heavy (non-hydrogen) atoms. The van der Waals surface area contributed by atoms with Crippen LogP contribution in [-0.4, -0.2) is 35.0 Å². The molecule has 3 rings (SSSR count). The SMILES string of the molecule is Cc1ccc(/C=C2\SC(=O)N(CCNC(=O)C3CCCC3)C2=O)cc1. The van der Waals surface area contributed by atoms with Gasteiger partial charge in [-0.2, -0.15) is 0 Å². The maximum Gasteiger partial charge on any atom is 0.293 e. The van der Waals surface area contributed by atoms with Gasteiger partial charge in [0.05, 0.1) is 4.91 Å². The lowest BCUT2D eigenvalue weighted by molar-refractivity contribution is -0.126. The van der Waals surface area contributed by atoms with Crippen LogP contribution in [0.4, 0.5) is 4.79 Å². The number of carbonyl (C=O) groups is 3. The van der Waals surface area contributed by atoms with Crippen molar-refractivity contribution in [2.45, 2.75) is 32.6 Å². The highest BCUT2D eigenvalue weighted by molar-refractivity contribution is 8.18. The number of hydrogen-bond acceptors (Lipinski definition) is 4. The van der Waals surface area contributed by atoms with E-state index >= 15 is 0 Å². The van der Waals surface area contributed by atoms with E-state index < -0.39 is 0 Å². The van der Waals surface area contributed by atoms with Gasteiger partial charge in [-0.25, -0.2) is 0 Å². The van der Waals surface area contributed by atoms with Crippen LogP contribution in [0.1, 0.15) is 36.8 Å². The largest absolute Gasteiger partial charge is 0.354 e. The minimum absolute atomic E-state index is 0.0414. The third kappa shape index (κ3) is 4.31. The van der Waals surface area contributed by atoms with E-state index in [1.807, 2.05) is 31.2 Å². The van der Waals surface area contributed by atoms with Crippen molar-refractivity contribution in [3.8, 4) is 0 Å². The fourth-order valence-corrected chi connectivity index (χ4v) is 4.00. The van der Waals surface area contributed by atoms with Crippen molar-refractivity contribution >= 4 is 34.9 Å². The predicted octanol–water partition coefficient (Wildman–Crippen LogP) is 3.34. The van der Waals surface area contributed by atoms with Gasteiger partial charge in [-0.15, -0.1) is 0 Å². The molecule has 1 saturated carbocycles. The summed E-state index contributed by atoms with van der Waals surface area (Å²) in [6, 6.07) is 7.78. The standard InChI is InChI=1S/C19H22N2O3S/c1-13-6-8-14(9-7-13)12-16-18(23)21(19(24)25-16)11-10-20-17(22)15-4-2-3-5-15/h6-9,12,15H,2-5,10-11H2,1H3,(H,20,22)/b16-12-. The second-order valence-corrected chi connectivity index (χ2v) is 7.51. The summed E-state index contributed by atoms with van der Waals surface area (Å²) in [5.74, 6) is -0.151. The Balaban J connectivity index is 1.55.